The number of carbonyl (C=O) groups is 1. The predicted octanol–water partition coefficient (Wildman–Crippen LogP) is 3.08. The van der Waals surface area contributed by atoms with Gasteiger partial charge in [-0.2, -0.15) is 13.2 Å². The van der Waals surface area contributed by atoms with Gasteiger partial charge in [0, 0.05) is 31.9 Å². The third-order valence-corrected chi connectivity index (χ3v) is 6.36. The van der Waals surface area contributed by atoms with Crippen LogP contribution in [0.3, 0.4) is 0 Å². The van der Waals surface area contributed by atoms with Gasteiger partial charge in [0.2, 0.25) is 5.91 Å². The molecule has 7 nitrogen and oxygen atoms in total. The molecule has 0 spiro atoms. The van der Waals surface area contributed by atoms with Gasteiger partial charge in [0.1, 0.15) is 0 Å². The molecule has 174 valence electrons. The second-order valence-electron chi connectivity index (χ2n) is 7.59. The van der Waals surface area contributed by atoms with Crippen LogP contribution in [0.2, 0.25) is 0 Å². The lowest BCUT2D eigenvalue weighted by atomic mass is 10.1. The van der Waals surface area contributed by atoms with Gasteiger partial charge in [-0.3, -0.25) is 9.36 Å². The van der Waals surface area contributed by atoms with Crippen LogP contribution < -0.4 is 10.6 Å². The fourth-order valence-electron chi connectivity index (χ4n) is 3.63. The van der Waals surface area contributed by atoms with Gasteiger partial charge in [-0.15, -0.1) is 5.10 Å². The molecule has 3 aromatic rings. The second-order valence-corrected chi connectivity index (χ2v) is 8.53. The van der Waals surface area contributed by atoms with Crippen LogP contribution in [0.15, 0.2) is 64.5 Å². The first-order valence-electron chi connectivity index (χ1n) is 10.3. The molecule has 1 saturated heterocycles. The van der Waals surface area contributed by atoms with Gasteiger partial charge in [-0.25, -0.2) is 9.89 Å². The monoisotopic (exact) mass is 477 g/mol. The number of nitrogens with one attached hydrogen (secondary N) is 1. The SMILES string of the molecule is O=C(CSc1n[nH]c(=O)n1Cc1ccccc1)N1CCN(c2cccc(C(F)(F)F)c2)CC1. The number of rotatable bonds is 6. The topological polar surface area (TPSA) is 74.2 Å². The average molecular weight is 478 g/mol. The van der Waals surface area contributed by atoms with Crippen LogP contribution in [-0.4, -0.2) is 57.5 Å². The number of amides is 1. The largest absolute Gasteiger partial charge is 0.416 e. The van der Waals surface area contributed by atoms with Crippen molar-refractivity contribution in [2.24, 2.45) is 0 Å². The number of nitrogens with zero attached hydrogens (tertiary/aromatic N) is 4. The molecule has 1 N–H and O–H groups in total. The Hall–Kier alpha value is -3.21. The van der Waals surface area contributed by atoms with Crippen molar-refractivity contribution in [3.8, 4) is 0 Å². The van der Waals surface area contributed by atoms with E-state index < -0.39 is 11.7 Å². The first-order chi connectivity index (χ1) is 15.8. The quantitative estimate of drug-likeness (QED) is 0.553. The van der Waals surface area contributed by atoms with E-state index in [4.69, 9.17) is 0 Å². The Labute approximate surface area is 192 Å². The molecule has 0 saturated carbocycles. The third-order valence-electron chi connectivity index (χ3n) is 5.40. The Morgan fingerprint density at radius 1 is 1.03 bits per heavy atom. The van der Waals surface area contributed by atoms with Crippen molar-refractivity contribution in [2.45, 2.75) is 17.9 Å². The number of aromatic amines is 1. The smallest absolute Gasteiger partial charge is 0.368 e. The molecule has 1 aliphatic rings. The number of halogens is 3. The zero-order chi connectivity index (χ0) is 23.4. The number of hydrogen-bond acceptors (Lipinski definition) is 5. The van der Waals surface area contributed by atoms with Gasteiger partial charge < -0.3 is 9.80 Å². The van der Waals surface area contributed by atoms with Crippen LogP contribution in [0.25, 0.3) is 0 Å². The standard InChI is InChI=1S/C22H22F3N5O2S/c23-22(24,25)17-7-4-8-18(13-17)28-9-11-29(12-10-28)19(31)15-33-21-27-26-20(32)30(21)14-16-5-2-1-3-6-16/h1-8,13H,9-12,14-15H2,(H,26,32). The normalized spacial score (nSPS) is 14.5. The summed E-state index contributed by atoms with van der Waals surface area (Å²) in [5, 5.41) is 6.88. The Morgan fingerprint density at radius 3 is 2.45 bits per heavy atom. The van der Waals surface area contributed by atoms with Gasteiger partial charge in [0.05, 0.1) is 17.9 Å². The van der Waals surface area contributed by atoms with E-state index in [0.717, 1.165) is 17.7 Å². The molecule has 0 unspecified atom stereocenters. The zero-order valence-corrected chi connectivity index (χ0v) is 18.4. The number of alkyl halides is 3. The molecule has 1 amide bonds. The van der Waals surface area contributed by atoms with Crippen molar-refractivity contribution in [3.63, 3.8) is 0 Å². The van der Waals surface area contributed by atoms with Crippen molar-refractivity contribution in [1.29, 1.82) is 0 Å². The lowest BCUT2D eigenvalue weighted by molar-refractivity contribution is -0.137. The van der Waals surface area contributed by atoms with Crippen LogP contribution >= 0.6 is 11.8 Å². The van der Waals surface area contributed by atoms with Gasteiger partial charge in [-0.1, -0.05) is 48.2 Å². The predicted molar refractivity (Wildman–Crippen MR) is 119 cm³/mol. The molecule has 0 bridgehead atoms. The molecule has 1 aromatic heterocycles. The highest BCUT2D eigenvalue weighted by molar-refractivity contribution is 7.99. The molecule has 1 aliphatic heterocycles. The van der Waals surface area contributed by atoms with E-state index in [9.17, 15) is 22.8 Å². The molecule has 0 aliphatic carbocycles. The molecular formula is C22H22F3N5O2S. The lowest BCUT2D eigenvalue weighted by Crippen LogP contribution is -2.49. The van der Waals surface area contributed by atoms with Crippen molar-refractivity contribution in [3.05, 3.63) is 76.2 Å². The maximum absolute atomic E-state index is 13.0. The zero-order valence-electron chi connectivity index (χ0n) is 17.6. The van der Waals surface area contributed by atoms with Crippen molar-refractivity contribution < 1.29 is 18.0 Å². The highest BCUT2D eigenvalue weighted by Gasteiger charge is 2.31. The number of aromatic nitrogens is 3. The summed E-state index contributed by atoms with van der Waals surface area (Å²) in [7, 11) is 0. The summed E-state index contributed by atoms with van der Waals surface area (Å²) in [6.07, 6.45) is -4.39. The Morgan fingerprint density at radius 2 is 1.76 bits per heavy atom. The molecule has 0 radical (unpaired) electrons. The highest BCUT2D eigenvalue weighted by Crippen LogP contribution is 2.32. The number of thioether (sulfide) groups is 1. The number of benzene rings is 2. The summed E-state index contributed by atoms with van der Waals surface area (Å²) in [4.78, 5) is 28.3. The fraction of sp³-hybridized carbons (Fsp3) is 0.318. The Kier molecular flexibility index (Phi) is 6.77. The van der Waals surface area contributed by atoms with Gasteiger partial charge in [0.15, 0.2) is 5.16 Å². The number of anilines is 1. The van der Waals surface area contributed by atoms with Crippen LogP contribution in [-0.2, 0) is 17.5 Å². The van der Waals surface area contributed by atoms with E-state index in [1.54, 1.807) is 11.0 Å². The molecule has 4 rings (SSSR count). The van der Waals surface area contributed by atoms with Crippen molar-refractivity contribution >= 4 is 23.4 Å². The highest BCUT2D eigenvalue weighted by atomic mass is 32.2. The number of carbonyl (C=O) groups excluding carboxylic acids is 1. The summed E-state index contributed by atoms with van der Waals surface area (Å²) in [5.74, 6) is 0.00762. The third kappa shape index (κ3) is 5.59. The molecule has 33 heavy (non-hydrogen) atoms. The van der Waals surface area contributed by atoms with E-state index in [-0.39, 0.29) is 17.3 Å². The Balaban J connectivity index is 1.32. The average Bonchev–Trinajstić information content (AvgIpc) is 3.17. The minimum atomic E-state index is -4.39. The van der Waals surface area contributed by atoms with E-state index in [1.165, 1.54) is 22.4 Å². The van der Waals surface area contributed by atoms with Crippen molar-refractivity contribution in [2.75, 3.05) is 36.8 Å². The molecule has 1 fully saturated rings. The summed E-state index contributed by atoms with van der Waals surface area (Å²) < 4.78 is 40.4. The summed E-state index contributed by atoms with van der Waals surface area (Å²) >= 11 is 1.18. The summed E-state index contributed by atoms with van der Waals surface area (Å²) in [6.45, 7) is 2.06. The fourth-order valence-corrected chi connectivity index (χ4v) is 4.48. The second kappa shape index (κ2) is 9.74. The molecule has 2 aromatic carbocycles. The van der Waals surface area contributed by atoms with Crippen LogP contribution in [0, 0.1) is 0 Å². The molecular weight excluding hydrogens is 455 g/mol. The summed E-state index contributed by atoms with van der Waals surface area (Å²) in [6, 6.07) is 14.7. The van der Waals surface area contributed by atoms with Gasteiger partial charge >= 0.3 is 11.9 Å². The van der Waals surface area contributed by atoms with E-state index >= 15 is 0 Å². The molecule has 0 atom stereocenters. The number of piperazine rings is 1. The molecule has 11 heteroatoms. The van der Waals surface area contributed by atoms with E-state index in [2.05, 4.69) is 10.2 Å². The van der Waals surface area contributed by atoms with Crippen LogP contribution in [0.5, 0.6) is 0 Å². The molecule has 2 heterocycles. The van der Waals surface area contributed by atoms with E-state index in [1.807, 2.05) is 35.2 Å². The van der Waals surface area contributed by atoms with Crippen molar-refractivity contribution in [1.82, 2.24) is 19.7 Å². The first-order valence-corrected chi connectivity index (χ1v) is 11.3. The Bertz CT molecular complexity index is 1150. The number of hydrogen-bond donors (Lipinski definition) is 1. The first kappa shape index (κ1) is 23.0. The lowest BCUT2D eigenvalue weighted by Gasteiger charge is -2.36. The summed E-state index contributed by atoms with van der Waals surface area (Å²) in [5.41, 5.74) is 0.409. The minimum absolute atomic E-state index is 0.106. The van der Waals surface area contributed by atoms with Gasteiger partial charge in [-0.05, 0) is 23.8 Å². The maximum Gasteiger partial charge on any atom is 0.416 e. The number of H-pyrrole nitrogens is 1. The van der Waals surface area contributed by atoms with Crippen LogP contribution in [0.4, 0.5) is 18.9 Å². The minimum Gasteiger partial charge on any atom is -0.368 e. The van der Waals surface area contributed by atoms with Crippen LogP contribution in [0.1, 0.15) is 11.1 Å². The maximum atomic E-state index is 13.0. The van der Waals surface area contributed by atoms with E-state index in [0.29, 0.717) is 43.6 Å². The van der Waals surface area contributed by atoms with Gasteiger partial charge in [0.25, 0.3) is 0 Å².